The molecule has 0 aliphatic heterocycles. The Labute approximate surface area is 126 Å². The Hall–Kier alpha value is -2.06. The molecule has 2 aromatic rings. The van der Waals surface area contributed by atoms with E-state index in [4.69, 9.17) is 10.1 Å². The smallest absolute Gasteiger partial charge is 0.213 e. The molecule has 0 heterocycles. The summed E-state index contributed by atoms with van der Waals surface area (Å²) in [5.41, 5.74) is 3.09. The summed E-state index contributed by atoms with van der Waals surface area (Å²) in [7, 11) is 0. The van der Waals surface area contributed by atoms with Crippen LogP contribution in [-0.2, 0) is 4.74 Å². The molecular weight excluding hydrogens is 270 g/mol. The van der Waals surface area contributed by atoms with Crippen molar-refractivity contribution in [2.45, 2.75) is 6.92 Å². The molecule has 0 unspecified atom stereocenters. The Morgan fingerprint density at radius 1 is 0.950 bits per heavy atom. The lowest BCUT2D eigenvalue weighted by Gasteiger charge is -2.04. The maximum atomic E-state index is 7.70. The maximum Gasteiger partial charge on any atom is 0.213 e. The van der Waals surface area contributed by atoms with Crippen molar-refractivity contribution in [1.82, 2.24) is 0 Å². The highest BCUT2D eigenvalue weighted by molar-refractivity contribution is 5.91. The third kappa shape index (κ3) is 4.56. The van der Waals surface area contributed by atoms with E-state index in [-0.39, 0.29) is 18.3 Å². The van der Waals surface area contributed by atoms with Crippen molar-refractivity contribution in [2.75, 3.05) is 6.61 Å². The highest BCUT2D eigenvalue weighted by Gasteiger charge is 2.00. The number of nitrogens with one attached hydrogen (secondary N) is 1. The zero-order valence-corrected chi connectivity index (χ0v) is 12.2. The van der Waals surface area contributed by atoms with Crippen molar-refractivity contribution in [3.05, 3.63) is 71.3 Å². The SMILES string of the molecule is CCOC(=N)c1ccc(C=Cc2ccccc2)cc1.Cl. The molecule has 1 N–H and O–H groups in total. The van der Waals surface area contributed by atoms with E-state index in [2.05, 4.69) is 24.3 Å². The van der Waals surface area contributed by atoms with Gasteiger partial charge in [-0.25, -0.2) is 0 Å². The summed E-state index contributed by atoms with van der Waals surface area (Å²) in [6.45, 7) is 2.40. The van der Waals surface area contributed by atoms with Crippen molar-refractivity contribution in [3.63, 3.8) is 0 Å². The van der Waals surface area contributed by atoms with Crippen LogP contribution in [0.4, 0.5) is 0 Å². The highest BCUT2D eigenvalue weighted by atomic mass is 35.5. The molecule has 0 aliphatic rings. The van der Waals surface area contributed by atoms with Gasteiger partial charge in [-0.3, -0.25) is 5.41 Å². The molecule has 2 rings (SSSR count). The van der Waals surface area contributed by atoms with Crippen molar-refractivity contribution < 1.29 is 4.74 Å². The van der Waals surface area contributed by atoms with Crippen LogP contribution in [0.25, 0.3) is 12.2 Å². The van der Waals surface area contributed by atoms with E-state index < -0.39 is 0 Å². The van der Waals surface area contributed by atoms with Gasteiger partial charge in [-0.2, -0.15) is 0 Å². The number of halogens is 1. The molecule has 0 spiro atoms. The van der Waals surface area contributed by atoms with Gasteiger partial charge in [-0.15, -0.1) is 12.4 Å². The molecule has 0 atom stereocenters. The fourth-order valence-corrected chi connectivity index (χ4v) is 1.73. The van der Waals surface area contributed by atoms with Crippen LogP contribution in [0.1, 0.15) is 23.6 Å². The van der Waals surface area contributed by atoms with E-state index in [1.54, 1.807) is 0 Å². The van der Waals surface area contributed by atoms with Crippen molar-refractivity contribution in [1.29, 1.82) is 5.41 Å². The first kappa shape index (κ1) is 16.0. The molecule has 104 valence electrons. The topological polar surface area (TPSA) is 33.1 Å². The Morgan fingerprint density at radius 2 is 1.50 bits per heavy atom. The average molecular weight is 288 g/mol. The maximum absolute atomic E-state index is 7.70. The van der Waals surface area contributed by atoms with Crippen LogP contribution in [0.3, 0.4) is 0 Å². The lowest BCUT2D eigenvalue weighted by molar-refractivity contribution is 0.325. The van der Waals surface area contributed by atoms with E-state index in [0.29, 0.717) is 6.61 Å². The summed E-state index contributed by atoms with van der Waals surface area (Å²) in [6.07, 6.45) is 4.13. The molecule has 0 saturated heterocycles. The summed E-state index contributed by atoms with van der Waals surface area (Å²) in [4.78, 5) is 0. The van der Waals surface area contributed by atoms with Gasteiger partial charge >= 0.3 is 0 Å². The Morgan fingerprint density at radius 3 is 2.05 bits per heavy atom. The third-order valence-electron chi connectivity index (χ3n) is 2.73. The first-order valence-electron chi connectivity index (χ1n) is 6.34. The second-order valence-electron chi connectivity index (χ2n) is 4.13. The molecule has 2 aromatic carbocycles. The van der Waals surface area contributed by atoms with E-state index in [9.17, 15) is 0 Å². The summed E-state index contributed by atoms with van der Waals surface area (Å²) < 4.78 is 5.16. The molecule has 0 aromatic heterocycles. The second-order valence-corrected chi connectivity index (χ2v) is 4.13. The fraction of sp³-hybridized carbons (Fsp3) is 0.118. The molecule has 20 heavy (non-hydrogen) atoms. The highest BCUT2D eigenvalue weighted by Crippen LogP contribution is 2.10. The quantitative estimate of drug-likeness (QED) is 0.496. The van der Waals surface area contributed by atoms with Crippen molar-refractivity contribution >= 4 is 30.5 Å². The Kier molecular flexibility index (Phi) is 6.54. The molecule has 2 nitrogen and oxygen atoms in total. The van der Waals surface area contributed by atoms with Crippen LogP contribution in [0.15, 0.2) is 54.6 Å². The van der Waals surface area contributed by atoms with Crippen LogP contribution in [-0.4, -0.2) is 12.5 Å². The van der Waals surface area contributed by atoms with Gasteiger partial charge in [0.1, 0.15) is 0 Å². The zero-order chi connectivity index (χ0) is 13.5. The van der Waals surface area contributed by atoms with Crippen LogP contribution in [0.2, 0.25) is 0 Å². The van der Waals surface area contributed by atoms with Crippen LogP contribution < -0.4 is 0 Å². The average Bonchev–Trinajstić information content (AvgIpc) is 2.47. The van der Waals surface area contributed by atoms with Crippen molar-refractivity contribution in [3.8, 4) is 0 Å². The largest absolute Gasteiger partial charge is 0.478 e. The lowest BCUT2D eigenvalue weighted by Crippen LogP contribution is -2.04. The summed E-state index contributed by atoms with van der Waals surface area (Å²) in [5.74, 6) is 0.223. The minimum absolute atomic E-state index is 0. The molecule has 0 amide bonds. The number of hydrogen-bond acceptors (Lipinski definition) is 2. The normalized spacial score (nSPS) is 10.1. The monoisotopic (exact) mass is 287 g/mol. The summed E-state index contributed by atoms with van der Waals surface area (Å²) in [5, 5.41) is 7.70. The summed E-state index contributed by atoms with van der Waals surface area (Å²) in [6, 6.07) is 18.0. The van der Waals surface area contributed by atoms with Crippen LogP contribution in [0, 0.1) is 5.41 Å². The van der Waals surface area contributed by atoms with Crippen molar-refractivity contribution in [2.24, 2.45) is 0 Å². The first-order valence-corrected chi connectivity index (χ1v) is 6.34. The molecule has 0 radical (unpaired) electrons. The van der Waals surface area contributed by atoms with E-state index in [0.717, 1.165) is 11.1 Å². The number of hydrogen-bond donors (Lipinski definition) is 1. The zero-order valence-electron chi connectivity index (χ0n) is 11.4. The number of rotatable bonds is 4. The van der Waals surface area contributed by atoms with Gasteiger partial charge in [0.15, 0.2) is 0 Å². The number of benzene rings is 2. The molecule has 0 bridgehead atoms. The van der Waals surface area contributed by atoms with Gasteiger partial charge in [-0.1, -0.05) is 54.6 Å². The van der Waals surface area contributed by atoms with Gasteiger partial charge in [0.05, 0.1) is 6.61 Å². The van der Waals surface area contributed by atoms with E-state index >= 15 is 0 Å². The van der Waals surface area contributed by atoms with Crippen LogP contribution in [0.5, 0.6) is 0 Å². The van der Waals surface area contributed by atoms with Gasteiger partial charge in [0.25, 0.3) is 0 Å². The lowest BCUT2D eigenvalue weighted by atomic mass is 10.1. The molecule has 0 saturated carbocycles. The van der Waals surface area contributed by atoms with E-state index in [1.165, 1.54) is 5.56 Å². The predicted molar refractivity (Wildman–Crippen MR) is 87.5 cm³/mol. The predicted octanol–water partition coefficient (Wildman–Crippen LogP) is 4.64. The molecule has 3 heteroatoms. The van der Waals surface area contributed by atoms with Gasteiger partial charge in [0.2, 0.25) is 5.90 Å². The standard InChI is InChI=1S/C17H17NO.ClH/c1-2-19-17(18)16-12-10-15(11-13-16)9-8-14-6-4-3-5-7-14;/h3-13,18H,2H2,1H3;1H. The molecule has 0 aliphatic carbocycles. The molecule has 0 fully saturated rings. The molecular formula is C17H18ClNO. The minimum Gasteiger partial charge on any atom is -0.478 e. The van der Waals surface area contributed by atoms with Crippen LogP contribution >= 0.6 is 12.4 Å². The Balaban J connectivity index is 0.00000200. The third-order valence-corrected chi connectivity index (χ3v) is 2.73. The van der Waals surface area contributed by atoms with Gasteiger partial charge in [-0.05, 0) is 30.2 Å². The Bertz CT molecular complexity index is 561. The fourth-order valence-electron chi connectivity index (χ4n) is 1.73. The van der Waals surface area contributed by atoms with Gasteiger partial charge < -0.3 is 4.74 Å². The minimum atomic E-state index is 0. The van der Waals surface area contributed by atoms with Gasteiger partial charge in [0, 0.05) is 5.56 Å². The second kappa shape index (κ2) is 8.18. The summed E-state index contributed by atoms with van der Waals surface area (Å²) >= 11 is 0. The first-order chi connectivity index (χ1) is 9.29. The van der Waals surface area contributed by atoms with E-state index in [1.807, 2.05) is 49.4 Å². The number of ether oxygens (including phenoxy) is 1.